The standard InChI is InChI=1S/C13H15FN2O4S/c1-8(13(17)18)7-16(2)21(19,20)11-6-15-10-5-3-4-9(14)12(10)11/h3-6,8,15H,7H2,1-2H3,(H,17,18). The minimum absolute atomic E-state index is 0.0210. The molecule has 1 unspecified atom stereocenters. The number of fused-ring (bicyclic) bond motifs is 1. The highest BCUT2D eigenvalue weighted by molar-refractivity contribution is 7.89. The van der Waals surface area contributed by atoms with Gasteiger partial charge in [-0.1, -0.05) is 13.0 Å². The van der Waals surface area contributed by atoms with Gasteiger partial charge in [0, 0.05) is 25.3 Å². The molecule has 1 aromatic carbocycles. The Balaban J connectivity index is 2.45. The van der Waals surface area contributed by atoms with E-state index in [0.29, 0.717) is 5.52 Å². The number of carbonyl (C=O) groups is 1. The summed E-state index contributed by atoms with van der Waals surface area (Å²) in [6.45, 7) is 1.21. The van der Waals surface area contributed by atoms with Gasteiger partial charge in [0.25, 0.3) is 0 Å². The number of carboxylic acids is 1. The summed E-state index contributed by atoms with van der Waals surface area (Å²) in [5, 5.41) is 8.83. The third kappa shape index (κ3) is 2.77. The molecular weight excluding hydrogens is 299 g/mol. The maximum absolute atomic E-state index is 13.9. The number of nitrogens with zero attached hydrogens (tertiary/aromatic N) is 1. The van der Waals surface area contributed by atoms with Crippen LogP contribution in [-0.2, 0) is 14.8 Å². The predicted molar refractivity (Wildman–Crippen MR) is 74.9 cm³/mol. The van der Waals surface area contributed by atoms with Crippen LogP contribution < -0.4 is 0 Å². The van der Waals surface area contributed by atoms with Crippen LogP contribution in [0.2, 0.25) is 0 Å². The van der Waals surface area contributed by atoms with Crippen molar-refractivity contribution in [2.75, 3.05) is 13.6 Å². The lowest BCUT2D eigenvalue weighted by Gasteiger charge is -2.18. The number of H-pyrrole nitrogens is 1. The Morgan fingerprint density at radius 2 is 2.14 bits per heavy atom. The number of nitrogens with one attached hydrogen (secondary N) is 1. The summed E-state index contributed by atoms with van der Waals surface area (Å²) in [5.74, 6) is -2.60. The molecule has 0 radical (unpaired) electrons. The number of carboxylic acid groups (broad SMARTS) is 1. The maximum atomic E-state index is 13.9. The summed E-state index contributed by atoms with van der Waals surface area (Å²) in [6, 6.07) is 4.22. The fourth-order valence-corrected chi connectivity index (χ4v) is 3.47. The average molecular weight is 314 g/mol. The lowest BCUT2D eigenvalue weighted by atomic mass is 10.2. The van der Waals surface area contributed by atoms with Crippen LogP contribution in [0.1, 0.15) is 6.92 Å². The molecule has 0 amide bonds. The Bertz CT molecular complexity index is 785. The molecule has 2 aromatic rings. The van der Waals surface area contributed by atoms with Gasteiger partial charge >= 0.3 is 5.97 Å². The van der Waals surface area contributed by atoms with Gasteiger partial charge in [0.15, 0.2) is 0 Å². The van der Waals surface area contributed by atoms with Crippen LogP contribution in [0.4, 0.5) is 4.39 Å². The first-order valence-electron chi connectivity index (χ1n) is 6.20. The molecule has 1 aromatic heterocycles. The van der Waals surface area contributed by atoms with Gasteiger partial charge < -0.3 is 10.1 Å². The molecule has 0 spiro atoms. The molecule has 8 heteroatoms. The van der Waals surface area contributed by atoms with Crippen molar-refractivity contribution >= 4 is 26.9 Å². The minimum atomic E-state index is -3.97. The lowest BCUT2D eigenvalue weighted by Crippen LogP contribution is -2.33. The van der Waals surface area contributed by atoms with Crippen LogP contribution in [0.25, 0.3) is 10.9 Å². The molecule has 114 valence electrons. The van der Waals surface area contributed by atoms with E-state index in [1.807, 2.05) is 0 Å². The molecule has 1 heterocycles. The van der Waals surface area contributed by atoms with Crippen molar-refractivity contribution in [1.82, 2.24) is 9.29 Å². The second kappa shape index (κ2) is 5.45. The lowest BCUT2D eigenvalue weighted by molar-refractivity contribution is -0.141. The summed E-state index contributed by atoms with van der Waals surface area (Å²) < 4.78 is 39.7. The molecule has 0 fully saturated rings. The van der Waals surface area contributed by atoms with Gasteiger partial charge in [-0.05, 0) is 12.1 Å². The van der Waals surface area contributed by atoms with Gasteiger partial charge in [0.1, 0.15) is 10.7 Å². The summed E-state index contributed by atoms with van der Waals surface area (Å²) >= 11 is 0. The van der Waals surface area contributed by atoms with Crippen LogP contribution >= 0.6 is 0 Å². The van der Waals surface area contributed by atoms with Gasteiger partial charge in [0.2, 0.25) is 10.0 Å². The second-order valence-corrected chi connectivity index (χ2v) is 6.85. The molecule has 0 aliphatic carbocycles. The number of rotatable bonds is 5. The smallest absolute Gasteiger partial charge is 0.307 e. The zero-order valence-electron chi connectivity index (χ0n) is 11.5. The van der Waals surface area contributed by atoms with E-state index >= 15 is 0 Å². The second-order valence-electron chi connectivity index (χ2n) is 4.84. The zero-order chi connectivity index (χ0) is 15.8. The number of benzene rings is 1. The molecule has 6 nitrogen and oxygen atoms in total. The molecule has 0 bridgehead atoms. The minimum Gasteiger partial charge on any atom is -0.481 e. The van der Waals surface area contributed by atoms with E-state index in [9.17, 15) is 17.6 Å². The summed E-state index contributed by atoms with van der Waals surface area (Å²) in [6.07, 6.45) is 1.21. The maximum Gasteiger partial charge on any atom is 0.307 e. The Hall–Kier alpha value is -1.93. The van der Waals surface area contributed by atoms with E-state index in [0.717, 1.165) is 4.31 Å². The first kappa shape index (κ1) is 15.5. The van der Waals surface area contributed by atoms with Crippen molar-refractivity contribution in [3.05, 3.63) is 30.2 Å². The van der Waals surface area contributed by atoms with Gasteiger partial charge in [0.05, 0.1) is 11.3 Å². The van der Waals surface area contributed by atoms with Crippen molar-refractivity contribution in [2.45, 2.75) is 11.8 Å². The fraction of sp³-hybridized carbons (Fsp3) is 0.308. The Kier molecular flexibility index (Phi) is 4.02. The summed E-state index contributed by atoms with van der Waals surface area (Å²) in [4.78, 5) is 13.3. The molecule has 2 rings (SSSR count). The normalized spacial score (nSPS) is 13.7. The monoisotopic (exact) mass is 314 g/mol. The number of aliphatic carboxylic acids is 1. The van der Waals surface area contributed by atoms with Gasteiger partial charge in [-0.3, -0.25) is 4.79 Å². The van der Waals surface area contributed by atoms with Crippen molar-refractivity contribution in [2.24, 2.45) is 5.92 Å². The topological polar surface area (TPSA) is 90.5 Å². The first-order valence-corrected chi connectivity index (χ1v) is 7.64. The predicted octanol–water partition coefficient (Wildman–Crippen LogP) is 1.65. The van der Waals surface area contributed by atoms with Crippen molar-refractivity contribution < 1.29 is 22.7 Å². The molecule has 0 saturated carbocycles. The molecule has 2 N–H and O–H groups in total. The Morgan fingerprint density at radius 3 is 2.76 bits per heavy atom. The van der Waals surface area contributed by atoms with E-state index in [-0.39, 0.29) is 16.8 Å². The summed E-state index contributed by atoms with van der Waals surface area (Å²) in [7, 11) is -2.70. The average Bonchev–Trinajstić information content (AvgIpc) is 2.84. The Labute approximate surface area is 121 Å². The fourth-order valence-electron chi connectivity index (χ4n) is 2.04. The zero-order valence-corrected chi connectivity index (χ0v) is 12.3. The molecule has 0 aliphatic heterocycles. The highest BCUT2D eigenvalue weighted by atomic mass is 32.2. The first-order chi connectivity index (χ1) is 9.75. The van der Waals surface area contributed by atoms with Crippen LogP contribution in [0.15, 0.2) is 29.3 Å². The third-order valence-electron chi connectivity index (χ3n) is 3.26. The van der Waals surface area contributed by atoms with Gasteiger partial charge in [-0.2, -0.15) is 0 Å². The number of aromatic nitrogens is 1. The molecular formula is C13H15FN2O4S. The van der Waals surface area contributed by atoms with Crippen molar-refractivity contribution in [3.8, 4) is 0 Å². The summed E-state index contributed by atoms with van der Waals surface area (Å²) in [5.41, 5.74) is 0.369. The highest BCUT2D eigenvalue weighted by Gasteiger charge is 2.28. The van der Waals surface area contributed by atoms with E-state index < -0.39 is 27.7 Å². The van der Waals surface area contributed by atoms with Crippen LogP contribution in [-0.4, -0.2) is 42.4 Å². The molecule has 1 atom stereocenters. The number of hydrogen-bond acceptors (Lipinski definition) is 3. The highest BCUT2D eigenvalue weighted by Crippen LogP contribution is 2.27. The van der Waals surface area contributed by atoms with E-state index in [4.69, 9.17) is 5.11 Å². The quantitative estimate of drug-likeness (QED) is 0.878. The molecule has 0 saturated heterocycles. The van der Waals surface area contributed by atoms with Crippen molar-refractivity contribution in [1.29, 1.82) is 0 Å². The molecule has 21 heavy (non-hydrogen) atoms. The number of aromatic amines is 1. The van der Waals surface area contributed by atoms with Gasteiger partial charge in [-0.25, -0.2) is 17.1 Å². The SMILES string of the molecule is CC(CN(C)S(=O)(=O)c1c[nH]c2cccc(F)c12)C(=O)O. The third-order valence-corrected chi connectivity index (χ3v) is 5.11. The van der Waals surface area contributed by atoms with Gasteiger partial charge in [-0.15, -0.1) is 0 Å². The van der Waals surface area contributed by atoms with Crippen LogP contribution in [0.5, 0.6) is 0 Å². The number of hydrogen-bond donors (Lipinski definition) is 2. The number of halogens is 1. The van der Waals surface area contributed by atoms with E-state index in [1.165, 1.54) is 32.3 Å². The van der Waals surface area contributed by atoms with Crippen LogP contribution in [0.3, 0.4) is 0 Å². The Morgan fingerprint density at radius 1 is 1.48 bits per heavy atom. The molecule has 0 aliphatic rings. The largest absolute Gasteiger partial charge is 0.481 e. The number of sulfonamides is 1. The van der Waals surface area contributed by atoms with E-state index in [2.05, 4.69) is 4.98 Å². The van der Waals surface area contributed by atoms with E-state index in [1.54, 1.807) is 6.07 Å². The van der Waals surface area contributed by atoms with Crippen LogP contribution in [0, 0.1) is 11.7 Å². The van der Waals surface area contributed by atoms with Crippen molar-refractivity contribution in [3.63, 3.8) is 0 Å².